The van der Waals surface area contributed by atoms with Crippen molar-refractivity contribution in [2.45, 2.75) is 25.7 Å². The molecule has 0 aliphatic carbocycles. The molecule has 0 radical (unpaired) electrons. The molecule has 2 aromatic rings. The van der Waals surface area contributed by atoms with Gasteiger partial charge in [-0.3, -0.25) is 4.79 Å². The van der Waals surface area contributed by atoms with Gasteiger partial charge in [0.05, 0.1) is 32.8 Å². The summed E-state index contributed by atoms with van der Waals surface area (Å²) in [6.45, 7) is 1.98. The molecule has 0 aliphatic heterocycles. The number of methoxy groups -OCH3 is 3. The Hall–Kier alpha value is -2.69. The van der Waals surface area contributed by atoms with E-state index in [0.29, 0.717) is 23.7 Å². The van der Waals surface area contributed by atoms with Gasteiger partial charge in [0.15, 0.2) is 0 Å². The molecular formula is C20H24O5. The monoisotopic (exact) mass is 344 g/mol. The molecule has 5 heteroatoms. The van der Waals surface area contributed by atoms with Crippen molar-refractivity contribution in [3.05, 3.63) is 42.0 Å². The maximum Gasteiger partial charge on any atom is 0.310 e. The highest BCUT2D eigenvalue weighted by molar-refractivity contribution is 5.80. The summed E-state index contributed by atoms with van der Waals surface area (Å²) >= 11 is 0. The number of hydrogen-bond donors (Lipinski definition) is 1. The van der Waals surface area contributed by atoms with Crippen LogP contribution >= 0.6 is 0 Å². The average molecular weight is 344 g/mol. The topological polar surface area (TPSA) is 65.0 Å². The standard InChI is InChI=1S/C20H24O5/c1-5-6-16(20(21)22)13-7-9-14(10-8-13)19-17(24-3)11-15(23-2)12-18(19)25-4/h7-12,16H,5-6H2,1-4H3,(H,21,22). The Bertz CT molecular complexity index is 696. The number of ether oxygens (including phenoxy) is 3. The minimum absolute atomic E-state index is 0.487. The molecule has 0 amide bonds. The molecule has 0 aromatic heterocycles. The van der Waals surface area contributed by atoms with E-state index < -0.39 is 11.9 Å². The summed E-state index contributed by atoms with van der Waals surface area (Å²) in [5.41, 5.74) is 2.49. The third-order valence-electron chi connectivity index (χ3n) is 4.19. The summed E-state index contributed by atoms with van der Waals surface area (Å²) in [6.07, 6.45) is 1.43. The molecule has 0 saturated carbocycles. The molecule has 2 rings (SSSR count). The maximum atomic E-state index is 11.5. The summed E-state index contributed by atoms with van der Waals surface area (Å²) in [5.74, 6) is 0.621. The summed E-state index contributed by atoms with van der Waals surface area (Å²) in [4.78, 5) is 11.5. The van der Waals surface area contributed by atoms with Crippen molar-refractivity contribution in [3.8, 4) is 28.4 Å². The third-order valence-corrected chi connectivity index (χ3v) is 4.19. The first-order valence-electron chi connectivity index (χ1n) is 8.18. The van der Waals surface area contributed by atoms with Crippen LogP contribution < -0.4 is 14.2 Å². The summed E-state index contributed by atoms with van der Waals surface area (Å²) in [6, 6.07) is 11.1. The van der Waals surface area contributed by atoms with E-state index in [9.17, 15) is 9.90 Å². The van der Waals surface area contributed by atoms with Gasteiger partial charge in [-0.1, -0.05) is 37.6 Å². The van der Waals surface area contributed by atoms with Gasteiger partial charge in [0.25, 0.3) is 0 Å². The molecule has 0 heterocycles. The molecule has 0 aliphatic rings. The Morgan fingerprint density at radius 1 is 1.00 bits per heavy atom. The SMILES string of the molecule is CCCC(C(=O)O)c1ccc(-c2c(OC)cc(OC)cc2OC)cc1. The predicted octanol–water partition coefficient (Wildman–Crippen LogP) is 4.35. The minimum atomic E-state index is -0.797. The lowest BCUT2D eigenvalue weighted by Crippen LogP contribution is -2.11. The molecule has 1 atom stereocenters. The van der Waals surface area contributed by atoms with Crippen LogP contribution in [0.15, 0.2) is 36.4 Å². The van der Waals surface area contributed by atoms with Crippen molar-refractivity contribution < 1.29 is 24.1 Å². The number of carboxylic acid groups (broad SMARTS) is 1. The molecular weight excluding hydrogens is 320 g/mol. The van der Waals surface area contributed by atoms with E-state index in [-0.39, 0.29) is 0 Å². The fraction of sp³-hybridized carbons (Fsp3) is 0.350. The van der Waals surface area contributed by atoms with Crippen molar-refractivity contribution in [2.75, 3.05) is 21.3 Å². The van der Waals surface area contributed by atoms with Crippen LogP contribution in [0.1, 0.15) is 31.2 Å². The lowest BCUT2D eigenvalue weighted by Gasteiger charge is -2.16. The highest BCUT2D eigenvalue weighted by Crippen LogP contribution is 2.42. The van der Waals surface area contributed by atoms with Crippen molar-refractivity contribution >= 4 is 5.97 Å². The molecule has 1 N–H and O–H groups in total. The van der Waals surface area contributed by atoms with Crippen molar-refractivity contribution in [3.63, 3.8) is 0 Å². The highest BCUT2D eigenvalue weighted by Gasteiger charge is 2.20. The van der Waals surface area contributed by atoms with Crippen LogP contribution in [0.5, 0.6) is 17.2 Å². The summed E-state index contributed by atoms with van der Waals surface area (Å²) in [7, 11) is 4.77. The van der Waals surface area contributed by atoms with Gasteiger partial charge in [-0.15, -0.1) is 0 Å². The van der Waals surface area contributed by atoms with Gasteiger partial charge in [-0.05, 0) is 17.5 Å². The van der Waals surface area contributed by atoms with E-state index in [1.807, 2.05) is 31.2 Å². The van der Waals surface area contributed by atoms with Crippen LogP contribution in [-0.2, 0) is 4.79 Å². The number of benzene rings is 2. The molecule has 0 spiro atoms. The normalized spacial score (nSPS) is 11.7. The Morgan fingerprint density at radius 2 is 1.56 bits per heavy atom. The summed E-state index contributed by atoms with van der Waals surface area (Å²) < 4.78 is 16.2. The van der Waals surface area contributed by atoms with E-state index in [4.69, 9.17) is 14.2 Å². The summed E-state index contributed by atoms with van der Waals surface area (Å²) in [5, 5.41) is 9.41. The first-order valence-corrected chi connectivity index (χ1v) is 8.18. The van der Waals surface area contributed by atoms with Gasteiger partial charge in [-0.2, -0.15) is 0 Å². The van der Waals surface area contributed by atoms with Crippen molar-refractivity contribution in [1.82, 2.24) is 0 Å². The van der Waals surface area contributed by atoms with Gasteiger partial charge in [-0.25, -0.2) is 0 Å². The zero-order valence-electron chi connectivity index (χ0n) is 15.0. The van der Waals surface area contributed by atoms with Gasteiger partial charge in [0.1, 0.15) is 17.2 Å². The Labute approximate surface area is 148 Å². The Balaban J connectivity index is 2.47. The van der Waals surface area contributed by atoms with Crippen LogP contribution in [0.25, 0.3) is 11.1 Å². The molecule has 134 valence electrons. The molecule has 5 nitrogen and oxygen atoms in total. The molecule has 25 heavy (non-hydrogen) atoms. The quantitative estimate of drug-likeness (QED) is 0.771. The smallest absolute Gasteiger partial charge is 0.310 e. The molecule has 0 saturated heterocycles. The lowest BCUT2D eigenvalue weighted by molar-refractivity contribution is -0.139. The number of rotatable bonds is 8. The second-order valence-corrected chi connectivity index (χ2v) is 5.71. The Kier molecular flexibility index (Phi) is 6.28. The molecule has 2 aromatic carbocycles. The van der Waals surface area contributed by atoms with Gasteiger partial charge < -0.3 is 19.3 Å². The minimum Gasteiger partial charge on any atom is -0.496 e. The van der Waals surface area contributed by atoms with Crippen LogP contribution in [0.3, 0.4) is 0 Å². The number of carbonyl (C=O) groups is 1. The van der Waals surface area contributed by atoms with Gasteiger partial charge >= 0.3 is 5.97 Å². The fourth-order valence-corrected chi connectivity index (χ4v) is 2.89. The molecule has 0 fully saturated rings. The first kappa shape index (κ1) is 18.6. The number of carboxylic acids is 1. The van der Waals surface area contributed by atoms with Gasteiger partial charge in [0, 0.05) is 12.1 Å². The van der Waals surface area contributed by atoms with E-state index in [1.54, 1.807) is 33.5 Å². The van der Waals surface area contributed by atoms with Crippen LogP contribution in [0, 0.1) is 0 Å². The number of hydrogen-bond acceptors (Lipinski definition) is 4. The van der Waals surface area contributed by atoms with Crippen LogP contribution in [0.2, 0.25) is 0 Å². The van der Waals surface area contributed by atoms with E-state index in [0.717, 1.165) is 23.1 Å². The zero-order valence-corrected chi connectivity index (χ0v) is 15.0. The Morgan fingerprint density at radius 3 is 1.96 bits per heavy atom. The van der Waals surface area contributed by atoms with Gasteiger partial charge in [0.2, 0.25) is 0 Å². The third kappa shape index (κ3) is 4.05. The van der Waals surface area contributed by atoms with E-state index in [1.165, 1.54) is 0 Å². The second kappa shape index (κ2) is 8.42. The highest BCUT2D eigenvalue weighted by atomic mass is 16.5. The van der Waals surface area contributed by atoms with E-state index in [2.05, 4.69) is 0 Å². The fourth-order valence-electron chi connectivity index (χ4n) is 2.89. The molecule has 1 unspecified atom stereocenters. The average Bonchev–Trinajstić information content (AvgIpc) is 2.64. The predicted molar refractivity (Wildman–Crippen MR) is 96.8 cm³/mol. The lowest BCUT2D eigenvalue weighted by atomic mass is 9.92. The van der Waals surface area contributed by atoms with Crippen molar-refractivity contribution in [2.24, 2.45) is 0 Å². The second-order valence-electron chi connectivity index (χ2n) is 5.71. The van der Waals surface area contributed by atoms with Crippen molar-refractivity contribution in [1.29, 1.82) is 0 Å². The van der Waals surface area contributed by atoms with Crippen LogP contribution in [0.4, 0.5) is 0 Å². The number of aliphatic carboxylic acids is 1. The van der Waals surface area contributed by atoms with Crippen LogP contribution in [-0.4, -0.2) is 32.4 Å². The maximum absolute atomic E-state index is 11.5. The first-order chi connectivity index (χ1) is 12.0. The zero-order chi connectivity index (χ0) is 18.4. The largest absolute Gasteiger partial charge is 0.496 e. The van der Waals surface area contributed by atoms with E-state index >= 15 is 0 Å². The molecule has 0 bridgehead atoms.